The number of fused-ring (bicyclic) bond motifs is 7. The summed E-state index contributed by atoms with van der Waals surface area (Å²) in [5.41, 5.74) is 23.1. The van der Waals surface area contributed by atoms with E-state index in [9.17, 15) is 0 Å². The topological polar surface area (TPSA) is 3.24 Å². The average molecular weight is 880 g/mol. The molecule has 0 aliphatic heterocycles. The molecule has 2 aliphatic rings. The lowest BCUT2D eigenvalue weighted by atomic mass is 9.67. The molecular weight excluding hydrogens is 831 g/mol. The summed E-state index contributed by atoms with van der Waals surface area (Å²) in [7, 11) is 0. The Morgan fingerprint density at radius 1 is 0.290 bits per heavy atom. The Hall–Kier alpha value is -8.52. The summed E-state index contributed by atoms with van der Waals surface area (Å²) in [6.45, 7) is 4.73. The van der Waals surface area contributed by atoms with Crippen LogP contribution in [-0.4, -0.2) is 0 Å². The van der Waals surface area contributed by atoms with Gasteiger partial charge in [-0.2, -0.15) is 0 Å². The molecule has 0 saturated heterocycles. The molecule has 0 heterocycles. The number of hydrogen-bond donors (Lipinski definition) is 0. The van der Waals surface area contributed by atoms with E-state index in [1.165, 1.54) is 99.8 Å². The third-order valence-electron chi connectivity index (χ3n) is 15.1. The second kappa shape index (κ2) is 16.1. The molecule has 0 aromatic heterocycles. The number of anilines is 3. The first-order chi connectivity index (χ1) is 34.0. The van der Waals surface area contributed by atoms with Crippen LogP contribution in [-0.2, 0) is 10.8 Å². The van der Waals surface area contributed by atoms with Crippen molar-refractivity contribution in [1.82, 2.24) is 0 Å². The molecule has 11 aromatic rings. The fourth-order valence-corrected chi connectivity index (χ4v) is 11.9. The van der Waals surface area contributed by atoms with Gasteiger partial charge in [0.15, 0.2) is 0 Å². The molecule has 0 N–H and O–H groups in total. The predicted octanol–water partition coefficient (Wildman–Crippen LogP) is 18.0. The SMILES string of the molecule is CC1(C)c2ccccc2-c2c(-c3ccccc3N(c3ccc(-c4ccc5c(c4)-c4ccccc4C5(c4ccccc4)c4ccccc4)cc3)c3cccc(-c4ccc5ccccc5c4)c3)cccc21. The van der Waals surface area contributed by atoms with Gasteiger partial charge in [0.05, 0.1) is 11.1 Å². The zero-order valence-electron chi connectivity index (χ0n) is 38.8. The Kier molecular flexibility index (Phi) is 9.49. The van der Waals surface area contributed by atoms with Crippen LogP contribution < -0.4 is 4.90 Å². The van der Waals surface area contributed by atoms with E-state index in [-0.39, 0.29) is 5.41 Å². The maximum atomic E-state index is 2.46. The van der Waals surface area contributed by atoms with Gasteiger partial charge in [0.2, 0.25) is 0 Å². The summed E-state index contributed by atoms with van der Waals surface area (Å²) in [6, 6.07) is 96.7. The standard InChI is InChI=1S/C68H49N/c1-67(2)61-31-14-12-29-59(61)66-58(30-18-33-64(66)67)57-28-13-16-34-65(57)69(55-26-17-21-49(44-55)50-36-35-46-19-9-10-20-48(46)43-50)54-40-37-47(38-41-54)51-39-42-63-60(45-51)56-27-11-15-32-62(56)68(63,52-22-5-3-6-23-52)53-24-7-4-8-25-53/h3-45H,1-2H3. The van der Waals surface area contributed by atoms with Gasteiger partial charge in [-0.15, -0.1) is 0 Å². The van der Waals surface area contributed by atoms with Crippen LogP contribution in [0.4, 0.5) is 17.1 Å². The van der Waals surface area contributed by atoms with Gasteiger partial charge in [-0.1, -0.05) is 232 Å². The molecule has 0 radical (unpaired) electrons. The lowest BCUT2D eigenvalue weighted by molar-refractivity contribution is 0.660. The Labute approximate surface area is 405 Å². The number of para-hydroxylation sites is 1. The first-order valence-electron chi connectivity index (χ1n) is 24.2. The molecular formula is C68H49N. The molecule has 0 bridgehead atoms. The summed E-state index contributed by atoms with van der Waals surface area (Å²) in [5.74, 6) is 0. The van der Waals surface area contributed by atoms with Crippen LogP contribution in [0, 0.1) is 0 Å². The van der Waals surface area contributed by atoms with Crippen molar-refractivity contribution in [3.05, 3.63) is 294 Å². The molecule has 13 rings (SSSR count). The number of rotatable bonds is 8. The van der Waals surface area contributed by atoms with Gasteiger partial charge in [-0.25, -0.2) is 0 Å². The van der Waals surface area contributed by atoms with Crippen LogP contribution in [0.1, 0.15) is 47.2 Å². The Balaban J connectivity index is 0.963. The van der Waals surface area contributed by atoms with Gasteiger partial charge >= 0.3 is 0 Å². The van der Waals surface area contributed by atoms with Crippen LogP contribution in [0.2, 0.25) is 0 Å². The minimum atomic E-state index is -0.428. The minimum Gasteiger partial charge on any atom is -0.310 e. The highest BCUT2D eigenvalue weighted by Gasteiger charge is 2.46. The summed E-state index contributed by atoms with van der Waals surface area (Å²) >= 11 is 0. The molecule has 1 heteroatoms. The second-order valence-corrected chi connectivity index (χ2v) is 19.2. The highest BCUT2D eigenvalue weighted by Crippen LogP contribution is 2.57. The van der Waals surface area contributed by atoms with Gasteiger partial charge in [-0.05, 0) is 137 Å². The van der Waals surface area contributed by atoms with E-state index in [1.807, 2.05) is 0 Å². The monoisotopic (exact) mass is 879 g/mol. The predicted molar refractivity (Wildman–Crippen MR) is 290 cm³/mol. The van der Waals surface area contributed by atoms with Crippen LogP contribution in [0.25, 0.3) is 66.4 Å². The quantitative estimate of drug-likeness (QED) is 0.147. The van der Waals surface area contributed by atoms with Crippen molar-refractivity contribution in [2.45, 2.75) is 24.7 Å². The fraction of sp³-hybridized carbons (Fsp3) is 0.0588. The van der Waals surface area contributed by atoms with Crippen molar-refractivity contribution < 1.29 is 0 Å². The molecule has 0 atom stereocenters. The summed E-state index contributed by atoms with van der Waals surface area (Å²) in [6.07, 6.45) is 0. The van der Waals surface area contributed by atoms with Crippen molar-refractivity contribution in [2.75, 3.05) is 4.90 Å². The Bertz CT molecular complexity index is 3710. The Morgan fingerprint density at radius 3 is 1.59 bits per heavy atom. The first kappa shape index (κ1) is 40.7. The number of benzene rings is 11. The molecule has 1 nitrogen and oxygen atoms in total. The minimum absolute atomic E-state index is 0.106. The van der Waals surface area contributed by atoms with E-state index >= 15 is 0 Å². The molecule has 0 spiro atoms. The van der Waals surface area contributed by atoms with Gasteiger partial charge in [0.25, 0.3) is 0 Å². The van der Waals surface area contributed by atoms with Crippen LogP contribution in [0.15, 0.2) is 261 Å². The number of hydrogen-bond acceptors (Lipinski definition) is 1. The normalized spacial score (nSPS) is 13.6. The van der Waals surface area contributed by atoms with Crippen LogP contribution in [0.5, 0.6) is 0 Å². The Morgan fingerprint density at radius 2 is 0.826 bits per heavy atom. The highest BCUT2D eigenvalue weighted by molar-refractivity contribution is 5.99. The van der Waals surface area contributed by atoms with Gasteiger partial charge < -0.3 is 4.90 Å². The summed E-state index contributed by atoms with van der Waals surface area (Å²) in [4.78, 5) is 2.46. The van der Waals surface area contributed by atoms with Crippen molar-refractivity contribution in [1.29, 1.82) is 0 Å². The van der Waals surface area contributed by atoms with Crippen LogP contribution in [0.3, 0.4) is 0 Å². The van der Waals surface area contributed by atoms with E-state index in [4.69, 9.17) is 0 Å². The third-order valence-corrected chi connectivity index (χ3v) is 15.1. The lowest BCUT2D eigenvalue weighted by Crippen LogP contribution is -2.28. The zero-order chi connectivity index (χ0) is 46.1. The third kappa shape index (κ3) is 6.38. The molecule has 0 amide bonds. The number of nitrogens with zero attached hydrogens (tertiary/aromatic N) is 1. The largest absolute Gasteiger partial charge is 0.310 e. The van der Waals surface area contributed by atoms with Gasteiger partial charge in [0, 0.05) is 22.4 Å². The maximum Gasteiger partial charge on any atom is 0.0713 e. The molecule has 2 aliphatic carbocycles. The lowest BCUT2D eigenvalue weighted by Gasteiger charge is -2.33. The van der Waals surface area contributed by atoms with Crippen molar-refractivity contribution in [2.24, 2.45) is 0 Å². The summed E-state index contributed by atoms with van der Waals surface area (Å²) < 4.78 is 0. The molecule has 0 saturated carbocycles. The molecule has 69 heavy (non-hydrogen) atoms. The first-order valence-corrected chi connectivity index (χ1v) is 24.2. The van der Waals surface area contributed by atoms with E-state index in [0.29, 0.717) is 0 Å². The van der Waals surface area contributed by atoms with E-state index in [1.54, 1.807) is 0 Å². The molecule has 326 valence electrons. The van der Waals surface area contributed by atoms with Crippen molar-refractivity contribution in [3.8, 4) is 55.6 Å². The highest BCUT2D eigenvalue weighted by atomic mass is 15.1. The maximum absolute atomic E-state index is 2.46. The van der Waals surface area contributed by atoms with E-state index in [2.05, 4.69) is 280 Å². The average Bonchev–Trinajstić information content (AvgIpc) is 3.85. The molecule has 0 fully saturated rings. The summed E-state index contributed by atoms with van der Waals surface area (Å²) in [5, 5.41) is 2.48. The molecule has 0 unspecified atom stereocenters. The van der Waals surface area contributed by atoms with Crippen molar-refractivity contribution >= 4 is 27.8 Å². The second-order valence-electron chi connectivity index (χ2n) is 19.2. The zero-order valence-corrected chi connectivity index (χ0v) is 38.8. The molecule has 11 aromatic carbocycles. The smallest absolute Gasteiger partial charge is 0.0713 e. The van der Waals surface area contributed by atoms with Gasteiger partial charge in [0.1, 0.15) is 0 Å². The fourth-order valence-electron chi connectivity index (χ4n) is 11.9. The van der Waals surface area contributed by atoms with E-state index < -0.39 is 5.41 Å². The van der Waals surface area contributed by atoms with E-state index in [0.717, 1.165) is 17.1 Å². The van der Waals surface area contributed by atoms with Gasteiger partial charge in [-0.3, -0.25) is 0 Å². The van der Waals surface area contributed by atoms with Crippen molar-refractivity contribution in [3.63, 3.8) is 0 Å². The van der Waals surface area contributed by atoms with Crippen LogP contribution >= 0.6 is 0 Å².